The van der Waals surface area contributed by atoms with E-state index >= 15 is 0 Å². The second kappa shape index (κ2) is 6.38. The van der Waals surface area contributed by atoms with Crippen LogP contribution in [-0.4, -0.2) is 32.1 Å². The minimum Gasteiger partial charge on any atom is -0.462 e. The highest BCUT2D eigenvalue weighted by molar-refractivity contribution is 7.17. The molecule has 5 nitrogen and oxygen atoms in total. The summed E-state index contributed by atoms with van der Waals surface area (Å²) in [4.78, 5) is 27.2. The van der Waals surface area contributed by atoms with Crippen LogP contribution in [0.1, 0.15) is 48.5 Å². The molecule has 0 fully saturated rings. The minimum atomic E-state index is -0.502. The van der Waals surface area contributed by atoms with E-state index in [9.17, 15) is 9.59 Å². The summed E-state index contributed by atoms with van der Waals surface area (Å²) in [5, 5.41) is 3.57. The van der Waals surface area contributed by atoms with Gasteiger partial charge in [0.05, 0.1) is 30.6 Å². The summed E-state index contributed by atoms with van der Waals surface area (Å²) in [6.45, 7) is 9.58. The third kappa shape index (κ3) is 3.50. The lowest BCUT2D eigenvalue weighted by molar-refractivity contribution is -0.895. The van der Waals surface area contributed by atoms with Gasteiger partial charge < -0.3 is 15.0 Å². The number of amides is 1. The molecule has 0 spiro atoms. The molecule has 122 valence electrons. The average molecular weight is 325 g/mol. The monoisotopic (exact) mass is 325 g/mol. The van der Waals surface area contributed by atoms with Gasteiger partial charge in [0.2, 0.25) is 5.91 Å². The number of likely N-dealkylation sites (N-methyl/N-ethyl adjacent to an activating group) is 1. The Morgan fingerprint density at radius 2 is 2.05 bits per heavy atom. The van der Waals surface area contributed by atoms with E-state index < -0.39 is 5.41 Å². The van der Waals surface area contributed by atoms with Crippen LogP contribution < -0.4 is 10.2 Å². The van der Waals surface area contributed by atoms with Crippen LogP contribution in [0.15, 0.2) is 0 Å². The molecular weight excluding hydrogens is 300 g/mol. The van der Waals surface area contributed by atoms with Crippen molar-refractivity contribution in [2.45, 2.75) is 40.7 Å². The number of nitrogens with one attached hydrogen (secondary N) is 2. The predicted octanol–water partition coefficient (Wildman–Crippen LogP) is 1.48. The molecular formula is C16H25N2O3S+. The molecule has 2 N–H and O–H groups in total. The van der Waals surface area contributed by atoms with E-state index in [0.29, 0.717) is 17.2 Å². The molecule has 1 atom stereocenters. The van der Waals surface area contributed by atoms with Crippen LogP contribution in [-0.2, 0) is 22.5 Å². The van der Waals surface area contributed by atoms with Gasteiger partial charge in [0, 0.05) is 11.8 Å². The zero-order valence-electron chi connectivity index (χ0n) is 14.0. The van der Waals surface area contributed by atoms with Gasteiger partial charge in [-0.15, -0.1) is 11.3 Å². The van der Waals surface area contributed by atoms with Crippen molar-refractivity contribution in [1.29, 1.82) is 0 Å². The largest absolute Gasteiger partial charge is 0.462 e. The summed E-state index contributed by atoms with van der Waals surface area (Å²) < 4.78 is 5.20. The first-order valence-corrected chi connectivity index (χ1v) is 8.50. The van der Waals surface area contributed by atoms with Gasteiger partial charge in [0.15, 0.2) is 0 Å². The lowest BCUT2D eigenvalue weighted by Crippen LogP contribution is -3.08. The SMILES string of the molecule is CCOC(=O)c1c(NC(=O)C(C)(C)C)sc2c1CC[NH+](C)C2. The van der Waals surface area contributed by atoms with Gasteiger partial charge in [0.25, 0.3) is 0 Å². The van der Waals surface area contributed by atoms with E-state index in [0.717, 1.165) is 25.1 Å². The van der Waals surface area contributed by atoms with Crippen molar-refractivity contribution in [2.75, 3.05) is 25.5 Å². The fourth-order valence-corrected chi connectivity index (χ4v) is 3.76. The molecule has 1 unspecified atom stereocenters. The summed E-state index contributed by atoms with van der Waals surface area (Å²) in [5.41, 5.74) is 1.11. The molecule has 0 aromatic carbocycles. The Kier molecular flexibility index (Phi) is 4.92. The van der Waals surface area contributed by atoms with Crippen molar-refractivity contribution in [2.24, 2.45) is 5.41 Å². The van der Waals surface area contributed by atoms with E-state index in [1.807, 2.05) is 20.8 Å². The van der Waals surface area contributed by atoms with Gasteiger partial charge in [-0.3, -0.25) is 4.79 Å². The molecule has 2 rings (SSSR count). The number of rotatable bonds is 3. The highest BCUT2D eigenvalue weighted by Gasteiger charge is 2.31. The van der Waals surface area contributed by atoms with E-state index in [2.05, 4.69) is 12.4 Å². The second-order valence-electron chi connectivity index (χ2n) is 6.77. The number of carbonyl (C=O) groups is 2. The van der Waals surface area contributed by atoms with Crippen molar-refractivity contribution in [3.05, 3.63) is 16.0 Å². The zero-order chi connectivity index (χ0) is 16.5. The molecule has 0 aliphatic carbocycles. The molecule has 1 aliphatic rings. The molecule has 0 bridgehead atoms. The van der Waals surface area contributed by atoms with E-state index in [1.165, 1.54) is 21.1 Å². The first kappa shape index (κ1) is 17.0. The quantitative estimate of drug-likeness (QED) is 0.828. The van der Waals surface area contributed by atoms with Gasteiger partial charge in [0.1, 0.15) is 11.5 Å². The topological polar surface area (TPSA) is 59.8 Å². The first-order chi connectivity index (χ1) is 10.2. The van der Waals surface area contributed by atoms with Crippen LogP contribution in [0.5, 0.6) is 0 Å². The Bertz CT molecular complexity index is 587. The third-order valence-corrected chi connectivity index (χ3v) is 4.89. The van der Waals surface area contributed by atoms with Gasteiger partial charge in [-0.05, 0) is 12.5 Å². The van der Waals surface area contributed by atoms with E-state index in [1.54, 1.807) is 6.92 Å². The second-order valence-corrected chi connectivity index (χ2v) is 7.87. The normalized spacial score (nSPS) is 17.8. The molecule has 0 saturated carbocycles. The van der Waals surface area contributed by atoms with Crippen LogP contribution in [0, 0.1) is 5.41 Å². The number of ether oxygens (including phenoxy) is 1. The Morgan fingerprint density at radius 1 is 1.36 bits per heavy atom. The number of hydrogen-bond donors (Lipinski definition) is 2. The number of thiophene rings is 1. The van der Waals surface area contributed by atoms with Gasteiger partial charge in [-0.25, -0.2) is 4.79 Å². The summed E-state index contributed by atoms with van der Waals surface area (Å²) in [6.07, 6.45) is 0.844. The Balaban J connectivity index is 2.39. The van der Waals surface area contributed by atoms with Crippen molar-refractivity contribution in [1.82, 2.24) is 0 Å². The molecule has 22 heavy (non-hydrogen) atoms. The van der Waals surface area contributed by atoms with E-state index in [-0.39, 0.29) is 11.9 Å². The number of esters is 1. The molecule has 1 aromatic heterocycles. The molecule has 2 heterocycles. The molecule has 0 radical (unpaired) electrons. The van der Waals surface area contributed by atoms with Crippen molar-refractivity contribution < 1.29 is 19.2 Å². The standard InChI is InChI=1S/C16H24N2O3S/c1-6-21-14(19)12-10-7-8-18(5)9-11(10)22-13(12)17-15(20)16(2,3)4/h6-9H2,1-5H3,(H,17,20)/p+1. The number of fused-ring (bicyclic) bond motifs is 1. The molecule has 0 saturated heterocycles. The summed E-state index contributed by atoms with van der Waals surface area (Å²) in [6, 6.07) is 0. The van der Waals surface area contributed by atoms with Crippen LogP contribution >= 0.6 is 11.3 Å². The molecule has 1 aliphatic heterocycles. The zero-order valence-corrected chi connectivity index (χ0v) is 14.8. The number of carbonyl (C=O) groups excluding carboxylic acids is 2. The average Bonchev–Trinajstić information content (AvgIpc) is 2.74. The number of anilines is 1. The summed E-state index contributed by atoms with van der Waals surface area (Å²) in [7, 11) is 2.14. The highest BCUT2D eigenvalue weighted by atomic mass is 32.1. The van der Waals surface area contributed by atoms with Crippen molar-refractivity contribution >= 4 is 28.2 Å². The maximum atomic E-state index is 12.3. The summed E-state index contributed by atoms with van der Waals surface area (Å²) >= 11 is 1.51. The van der Waals surface area contributed by atoms with Crippen LogP contribution in [0.3, 0.4) is 0 Å². The van der Waals surface area contributed by atoms with Gasteiger partial charge in [-0.1, -0.05) is 20.8 Å². The van der Waals surface area contributed by atoms with Crippen LogP contribution in [0.2, 0.25) is 0 Å². The minimum absolute atomic E-state index is 0.0858. The van der Waals surface area contributed by atoms with Gasteiger partial charge in [-0.2, -0.15) is 0 Å². The Hall–Kier alpha value is -1.40. The van der Waals surface area contributed by atoms with Crippen molar-refractivity contribution in [3.8, 4) is 0 Å². The number of hydrogen-bond acceptors (Lipinski definition) is 4. The number of quaternary nitrogens is 1. The Labute approximate surface area is 135 Å². The third-order valence-electron chi connectivity index (χ3n) is 3.74. The molecule has 6 heteroatoms. The fourth-order valence-electron chi connectivity index (χ4n) is 2.42. The first-order valence-electron chi connectivity index (χ1n) is 7.68. The lowest BCUT2D eigenvalue weighted by Gasteiger charge is -2.19. The molecule has 1 aromatic rings. The molecule has 1 amide bonds. The van der Waals surface area contributed by atoms with E-state index in [4.69, 9.17) is 4.74 Å². The lowest BCUT2D eigenvalue weighted by atomic mass is 9.95. The highest BCUT2D eigenvalue weighted by Crippen LogP contribution is 2.36. The smallest absolute Gasteiger partial charge is 0.341 e. The van der Waals surface area contributed by atoms with Crippen molar-refractivity contribution in [3.63, 3.8) is 0 Å². The van der Waals surface area contributed by atoms with Gasteiger partial charge >= 0.3 is 5.97 Å². The maximum Gasteiger partial charge on any atom is 0.341 e. The summed E-state index contributed by atoms with van der Waals surface area (Å²) in [5.74, 6) is -0.416. The predicted molar refractivity (Wildman–Crippen MR) is 87.5 cm³/mol. The maximum absolute atomic E-state index is 12.3. The Morgan fingerprint density at radius 3 is 2.64 bits per heavy atom. The van der Waals surface area contributed by atoms with Crippen LogP contribution in [0.4, 0.5) is 5.00 Å². The van der Waals surface area contributed by atoms with Crippen LogP contribution in [0.25, 0.3) is 0 Å². The fraction of sp³-hybridized carbons (Fsp3) is 0.625.